The maximum atomic E-state index is 12.5. The largest absolute Gasteiger partial charge is 0.466 e. The van der Waals surface area contributed by atoms with Gasteiger partial charge >= 0.3 is 12.1 Å². The van der Waals surface area contributed by atoms with Crippen molar-refractivity contribution in [1.29, 1.82) is 0 Å². The lowest BCUT2D eigenvalue weighted by Gasteiger charge is -2.33. The minimum atomic E-state index is -4.60. The number of aryl methyl sites for hydroxylation is 1. The van der Waals surface area contributed by atoms with Gasteiger partial charge in [-0.15, -0.1) is 0 Å². The SMILES string of the molecule is CCOC(=O)C1CC(NC(=O)c2cc(C(F)(F)F)nn2C)C1. The summed E-state index contributed by atoms with van der Waals surface area (Å²) in [6.45, 7) is 2.00. The van der Waals surface area contributed by atoms with Crippen molar-refractivity contribution in [2.45, 2.75) is 32.0 Å². The van der Waals surface area contributed by atoms with Gasteiger partial charge in [-0.25, -0.2) is 0 Å². The first-order chi connectivity index (χ1) is 10.2. The van der Waals surface area contributed by atoms with Crippen molar-refractivity contribution in [1.82, 2.24) is 15.1 Å². The molecule has 122 valence electrons. The molecule has 1 aliphatic rings. The second kappa shape index (κ2) is 5.98. The number of nitrogens with zero attached hydrogens (tertiary/aromatic N) is 2. The second-order valence-corrected chi connectivity index (χ2v) is 5.13. The summed E-state index contributed by atoms with van der Waals surface area (Å²) in [7, 11) is 1.27. The Bertz CT molecular complexity index is 577. The maximum Gasteiger partial charge on any atom is 0.435 e. The van der Waals surface area contributed by atoms with Crippen LogP contribution in [0.4, 0.5) is 13.2 Å². The quantitative estimate of drug-likeness (QED) is 0.854. The normalized spacial score (nSPS) is 21.1. The molecule has 1 fully saturated rings. The van der Waals surface area contributed by atoms with E-state index in [1.54, 1.807) is 6.92 Å². The van der Waals surface area contributed by atoms with Gasteiger partial charge in [0.1, 0.15) is 5.69 Å². The lowest BCUT2D eigenvalue weighted by molar-refractivity contribution is -0.151. The van der Waals surface area contributed by atoms with Crippen molar-refractivity contribution < 1.29 is 27.5 Å². The van der Waals surface area contributed by atoms with E-state index in [0.717, 1.165) is 4.68 Å². The molecule has 0 saturated heterocycles. The van der Waals surface area contributed by atoms with Crippen molar-refractivity contribution in [3.63, 3.8) is 0 Å². The topological polar surface area (TPSA) is 73.2 Å². The van der Waals surface area contributed by atoms with E-state index in [0.29, 0.717) is 25.5 Å². The first-order valence-corrected chi connectivity index (χ1v) is 6.81. The number of alkyl halides is 3. The summed E-state index contributed by atoms with van der Waals surface area (Å²) >= 11 is 0. The predicted molar refractivity (Wildman–Crippen MR) is 68.8 cm³/mol. The average molecular weight is 319 g/mol. The highest BCUT2D eigenvalue weighted by Gasteiger charge is 2.38. The first-order valence-electron chi connectivity index (χ1n) is 6.81. The smallest absolute Gasteiger partial charge is 0.435 e. The van der Waals surface area contributed by atoms with Gasteiger partial charge in [0.15, 0.2) is 5.69 Å². The first kappa shape index (κ1) is 16.3. The van der Waals surface area contributed by atoms with E-state index >= 15 is 0 Å². The van der Waals surface area contributed by atoms with Gasteiger partial charge in [0, 0.05) is 19.2 Å². The third-order valence-electron chi connectivity index (χ3n) is 3.50. The molecular weight excluding hydrogens is 303 g/mol. The molecule has 1 aromatic heterocycles. The van der Waals surface area contributed by atoms with Crippen LogP contribution < -0.4 is 5.32 Å². The molecule has 6 nitrogen and oxygen atoms in total. The summed E-state index contributed by atoms with van der Waals surface area (Å²) in [5, 5.41) is 5.87. The molecule has 0 unspecified atom stereocenters. The molecule has 0 radical (unpaired) electrons. The van der Waals surface area contributed by atoms with Gasteiger partial charge in [0.05, 0.1) is 12.5 Å². The van der Waals surface area contributed by atoms with E-state index in [2.05, 4.69) is 10.4 Å². The highest BCUT2D eigenvalue weighted by atomic mass is 19.4. The van der Waals surface area contributed by atoms with Crippen LogP contribution in [0.2, 0.25) is 0 Å². The molecule has 0 bridgehead atoms. The van der Waals surface area contributed by atoms with Crippen molar-refractivity contribution >= 4 is 11.9 Å². The van der Waals surface area contributed by atoms with Gasteiger partial charge in [0.25, 0.3) is 5.91 Å². The fourth-order valence-electron chi connectivity index (χ4n) is 2.27. The van der Waals surface area contributed by atoms with Gasteiger partial charge in [0.2, 0.25) is 0 Å². The zero-order valence-corrected chi connectivity index (χ0v) is 12.1. The number of hydrogen-bond donors (Lipinski definition) is 1. The highest BCUT2D eigenvalue weighted by molar-refractivity contribution is 5.93. The van der Waals surface area contributed by atoms with E-state index in [9.17, 15) is 22.8 Å². The average Bonchev–Trinajstić information content (AvgIpc) is 2.75. The van der Waals surface area contributed by atoms with Crippen LogP contribution in [0.25, 0.3) is 0 Å². The third kappa shape index (κ3) is 3.40. The summed E-state index contributed by atoms with van der Waals surface area (Å²) < 4.78 is 43.4. The Morgan fingerprint density at radius 1 is 1.45 bits per heavy atom. The van der Waals surface area contributed by atoms with Gasteiger partial charge in [-0.05, 0) is 19.8 Å². The number of halogens is 3. The summed E-state index contributed by atoms with van der Waals surface area (Å²) in [5.74, 6) is -1.21. The van der Waals surface area contributed by atoms with Crippen LogP contribution in [0.3, 0.4) is 0 Å². The number of carbonyl (C=O) groups excluding carboxylic acids is 2. The molecule has 0 aliphatic heterocycles. The standard InChI is InChI=1S/C13H16F3N3O3/c1-3-22-12(21)7-4-8(5-7)17-11(20)9-6-10(13(14,15)16)18-19(9)2/h6-8H,3-5H2,1-2H3,(H,17,20). The minimum Gasteiger partial charge on any atom is -0.466 e. The van der Waals surface area contributed by atoms with Crippen LogP contribution in [0.5, 0.6) is 0 Å². The van der Waals surface area contributed by atoms with Gasteiger partial charge < -0.3 is 10.1 Å². The second-order valence-electron chi connectivity index (χ2n) is 5.13. The van der Waals surface area contributed by atoms with Crippen molar-refractivity contribution in [2.75, 3.05) is 6.61 Å². The molecule has 0 spiro atoms. The van der Waals surface area contributed by atoms with Crippen LogP contribution in [0.1, 0.15) is 35.9 Å². The fraction of sp³-hybridized carbons (Fsp3) is 0.615. The molecule has 1 aliphatic carbocycles. The molecule has 0 atom stereocenters. The molecule has 1 N–H and O–H groups in total. The Kier molecular flexibility index (Phi) is 4.43. The Labute approximate surface area is 124 Å². The Hall–Kier alpha value is -2.06. The molecule has 0 aromatic carbocycles. The van der Waals surface area contributed by atoms with E-state index in [1.807, 2.05) is 0 Å². The summed E-state index contributed by atoms with van der Waals surface area (Å²) in [6.07, 6.45) is -3.75. The van der Waals surface area contributed by atoms with Crippen LogP contribution >= 0.6 is 0 Å². The number of rotatable bonds is 4. The van der Waals surface area contributed by atoms with Crippen molar-refractivity contribution in [3.8, 4) is 0 Å². The maximum absolute atomic E-state index is 12.5. The van der Waals surface area contributed by atoms with E-state index in [-0.39, 0.29) is 23.6 Å². The number of ether oxygens (including phenoxy) is 1. The number of nitrogens with one attached hydrogen (secondary N) is 1. The molecule has 22 heavy (non-hydrogen) atoms. The van der Waals surface area contributed by atoms with E-state index in [1.165, 1.54) is 7.05 Å². The molecule has 2 rings (SSSR count). The number of amides is 1. The number of esters is 1. The Morgan fingerprint density at radius 2 is 2.09 bits per heavy atom. The summed E-state index contributed by atoms with van der Waals surface area (Å²) in [6, 6.07) is 0.461. The van der Waals surface area contributed by atoms with Crippen LogP contribution in [0.15, 0.2) is 6.07 Å². The van der Waals surface area contributed by atoms with Crippen LogP contribution in [0, 0.1) is 5.92 Å². The molecule has 1 aromatic rings. The highest BCUT2D eigenvalue weighted by Crippen LogP contribution is 2.30. The number of carbonyl (C=O) groups is 2. The monoisotopic (exact) mass is 319 g/mol. The predicted octanol–water partition coefficient (Wildman–Crippen LogP) is 1.51. The van der Waals surface area contributed by atoms with Crippen molar-refractivity contribution in [2.24, 2.45) is 13.0 Å². The zero-order valence-electron chi connectivity index (χ0n) is 12.1. The van der Waals surface area contributed by atoms with E-state index in [4.69, 9.17) is 4.74 Å². The minimum absolute atomic E-state index is 0.174. The third-order valence-corrected chi connectivity index (χ3v) is 3.50. The van der Waals surface area contributed by atoms with Gasteiger partial charge in [-0.3, -0.25) is 14.3 Å². The molecule has 1 heterocycles. The van der Waals surface area contributed by atoms with E-state index < -0.39 is 17.8 Å². The molecule has 1 amide bonds. The fourth-order valence-corrected chi connectivity index (χ4v) is 2.27. The lowest BCUT2D eigenvalue weighted by Crippen LogP contribution is -2.47. The Morgan fingerprint density at radius 3 is 2.59 bits per heavy atom. The molecule has 9 heteroatoms. The molecular formula is C13H16F3N3O3. The number of aromatic nitrogens is 2. The molecule has 1 saturated carbocycles. The summed E-state index contributed by atoms with van der Waals surface area (Å²) in [5.41, 5.74) is -1.29. The van der Waals surface area contributed by atoms with Crippen LogP contribution in [-0.2, 0) is 22.8 Å². The van der Waals surface area contributed by atoms with Crippen molar-refractivity contribution in [3.05, 3.63) is 17.5 Å². The lowest BCUT2D eigenvalue weighted by atomic mass is 9.80. The van der Waals surface area contributed by atoms with Gasteiger partial charge in [-0.1, -0.05) is 0 Å². The summed E-state index contributed by atoms with van der Waals surface area (Å²) in [4.78, 5) is 23.4. The zero-order chi connectivity index (χ0) is 16.5. The number of hydrogen-bond acceptors (Lipinski definition) is 4. The van der Waals surface area contributed by atoms with Crippen LogP contribution in [-0.4, -0.2) is 34.3 Å². The Balaban J connectivity index is 1.92. The van der Waals surface area contributed by atoms with Gasteiger partial charge in [-0.2, -0.15) is 18.3 Å².